The molecule has 0 aromatic heterocycles. The predicted molar refractivity (Wildman–Crippen MR) is 80.1 cm³/mol. The van der Waals surface area contributed by atoms with Gasteiger partial charge in [0.05, 0.1) is 11.7 Å². The second-order valence-electron chi connectivity index (χ2n) is 6.98. The fourth-order valence-corrected chi connectivity index (χ4v) is 2.91. The summed E-state index contributed by atoms with van der Waals surface area (Å²) in [6, 6.07) is 5.84. The van der Waals surface area contributed by atoms with Crippen molar-refractivity contribution in [1.82, 2.24) is 0 Å². The molecule has 0 saturated carbocycles. The minimum absolute atomic E-state index is 0.0357. The zero-order valence-electron chi connectivity index (χ0n) is 13.4. The lowest BCUT2D eigenvalue weighted by molar-refractivity contribution is -0.0846. The second-order valence-corrected chi connectivity index (χ2v) is 6.98. The number of benzene rings is 1. The van der Waals surface area contributed by atoms with Crippen LogP contribution in [0.5, 0.6) is 5.75 Å². The summed E-state index contributed by atoms with van der Waals surface area (Å²) >= 11 is 0. The lowest BCUT2D eigenvalue weighted by atomic mass is 9.97. The van der Waals surface area contributed by atoms with Crippen LogP contribution >= 0.6 is 0 Å². The monoisotopic (exact) mass is 278 g/mol. The fourth-order valence-electron chi connectivity index (χ4n) is 2.91. The van der Waals surface area contributed by atoms with E-state index in [0.29, 0.717) is 0 Å². The molecule has 0 radical (unpaired) electrons. The molecule has 112 valence electrons. The van der Waals surface area contributed by atoms with Crippen molar-refractivity contribution in [2.24, 2.45) is 0 Å². The van der Waals surface area contributed by atoms with Crippen molar-refractivity contribution in [3.63, 3.8) is 0 Å². The molecule has 2 rings (SSSR count). The zero-order valence-corrected chi connectivity index (χ0v) is 13.4. The lowest BCUT2D eigenvalue weighted by Gasteiger charge is -2.28. The summed E-state index contributed by atoms with van der Waals surface area (Å²) in [6.07, 6.45) is 0.457. The lowest BCUT2D eigenvalue weighted by Crippen LogP contribution is -2.36. The maximum absolute atomic E-state index is 9.61. The predicted octanol–water partition coefficient (Wildman–Crippen LogP) is 3.77. The third-order valence-corrected chi connectivity index (χ3v) is 3.94. The van der Waals surface area contributed by atoms with Gasteiger partial charge in [0.25, 0.3) is 0 Å². The van der Waals surface area contributed by atoms with Crippen LogP contribution < -0.4 is 4.74 Å². The molecule has 0 aliphatic carbocycles. The van der Waals surface area contributed by atoms with Crippen molar-refractivity contribution in [3.8, 4) is 5.75 Å². The van der Waals surface area contributed by atoms with Crippen molar-refractivity contribution in [2.45, 2.75) is 71.4 Å². The second kappa shape index (κ2) is 5.05. The molecule has 20 heavy (non-hydrogen) atoms. The Morgan fingerprint density at radius 2 is 1.95 bits per heavy atom. The molecule has 1 N–H and O–H groups in total. The third-order valence-electron chi connectivity index (χ3n) is 3.94. The highest BCUT2D eigenvalue weighted by Gasteiger charge is 2.47. The van der Waals surface area contributed by atoms with Gasteiger partial charge in [-0.2, -0.15) is 0 Å². The molecule has 1 heterocycles. The number of aliphatic hydroxyl groups excluding tert-OH is 1. The van der Waals surface area contributed by atoms with Gasteiger partial charge in [0.15, 0.2) is 0 Å². The van der Waals surface area contributed by atoms with Crippen LogP contribution in [0.4, 0.5) is 0 Å². The number of hydrogen-bond acceptors (Lipinski definition) is 3. The van der Waals surface area contributed by atoms with Gasteiger partial charge in [-0.15, -0.1) is 0 Å². The van der Waals surface area contributed by atoms with Crippen LogP contribution in [0.25, 0.3) is 0 Å². The highest BCUT2D eigenvalue weighted by atomic mass is 16.6. The van der Waals surface area contributed by atoms with Crippen molar-refractivity contribution in [1.29, 1.82) is 0 Å². The van der Waals surface area contributed by atoms with Gasteiger partial charge in [-0.05, 0) is 64.8 Å². The van der Waals surface area contributed by atoms with Crippen molar-refractivity contribution in [3.05, 3.63) is 29.3 Å². The molecule has 1 aromatic rings. The van der Waals surface area contributed by atoms with Crippen LogP contribution in [0.3, 0.4) is 0 Å². The van der Waals surface area contributed by atoms with Gasteiger partial charge in [-0.25, -0.2) is 0 Å². The minimum atomic E-state index is -0.451. The van der Waals surface area contributed by atoms with Gasteiger partial charge in [0.1, 0.15) is 17.5 Å². The topological polar surface area (TPSA) is 38.7 Å². The molecule has 1 unspecified atom stereocenters. The van der Waals surface area contributed by atoms with Gasteiger partial charge >= 0.3 is 0 Å². The highest BCUT2D eigenvalue weighted by molar-refractivity contribution is 5.37. The summed E-state index contributed by atoms with van der Waals surface area (Å²) in [7, 11) is 0. The van der Waals surface area contributed by atoms with Gasteiger partial charge in [0.2, 0.25) is 0 Å². The van der Waals surface area contributed by atoms with Gasteiger partial charge < -0.3 is 14.6 Å². The number of rotatable bonds is 3. The van der Waals surface area contributed by atoms with E-state index in [1.165, 1.54) is 0 Å². The Labute approximate surface area is 121 Å². The molecule has 1 aliphatic rings. The molecule has 3 nitrogen and oxygen atoms in total. The molecular weight excluding hydrogens is 252 g/mol. The van der Waals surface area contributed by atoms with E-state index in [-0.39, 0.29) is 17.3 Å². The Morgan fingerprint density at radius 1 is 1.30 bits per heavy atom. The van der Waals surface area contributed by atoms with E-state index in [1.54, 1.807) is 6.92 Å². The molecule has 1 fully saturated rings. The first-order chi connectivity index (χ1) is 9.11. The van der Waals surface area contributed by atoms with Crippen LogP contribution in [0.2, 0.25) is 0 Å². The fraction of sp³-hybridized carbons (Fsp3) is 0.647. The van der Waals surface area contributed by atoms with Crippen LogP contribution in [-0.4, -0.2) is 22.4 Å². The van der Waals surface area contributed by atoms with E-state index in [1.807, 2.05) is 25.1 Å². The van der Waals surface area contributed by atoms with E-state index < -0.39 is 6.10 Å². The number of hydrogen-bond donors (Lipinski definition) is 1. The first-order valence-electron chi connectivity index (χ1n) is 7.26. The molecule has 0 amide bonds. The van der Waals surface area contributed by atoms with E-state index >= 15 is 0 Å². The normalized spacial score (nSPS) is 25.4. The van der Waals surface area contributed by atoms with Crippen LogP contribution in [0, 0.1) is 6.92 Å². The smallest absolute Gasteiger partial charge is 0.130 e. The Hall–Kier alpha value is -1.06. The number of ether oxygens (including phenoxy) is 2. The van der Waals surface area contributed by atoms with Crippen molar-refractivity contribution >= 4 is 0 Å². The maximum atomic E-state index is 9.61. The van der Waals surface area contributed by atoms with Crippen molar-refractivity contribution in [2.75, 3.05) is 0 Å². The molecular formula is C17H26O3. The van der Waals surface area contributed by atoms with Gasteiger partial charge in [-0.1, -0.05) is 6.07 Å². The average Bonchev–Trinajstić information content (AvgIpc) is 2.49. The molecule has 0 bridgehead atoms. The molecule has 0 spiro atoms. The van der Waals surface area contributed by atoms with Gasteiger partial charge in [0, 0.05) is 6.42 Å². The summed E-state index contributed by atoms with van der Waals surface area (Å²) in [6.45, 7) is 12.1. The largest absolute Gasteiger partial charge is 0.487 e. The van der Waals surface area contributed by atoms with Crippen LogP contribution in [-0.2, 0) is 4.74 Å². The molecule has 1 aromatic carbocycles. The zero-order chi connectivity index (χ0) is 15.1. The number of aliphatic hydroxyl groups is 1. The first kappa shape index (κ1) is 15.3. The quantitative estimate of drug-likeness (QED) is 0.914. The summed E-state index contributed by atoms with van der Waals surface area (Å²) in [4.78, 5) is 0. The average molecular weight is 278 g/mol. The maximum Gasteiger partial charge on any atom is 0.130 e. The molecule has 1 saturated heterocycles. The minimum Gasteiger partial charge on any atom is -0.487 e. The Bertz CT molecular complexity index is 489. The highest BCUT2D eigenvalue weighted by Crippen LogP contribution is 2.40. The summed E-state index contributed by atoms with van der Waals surface area (Å²) in [5, 5.41) is 9.61. The molecule has 2 atom stereocenters. The Balaban J connectivity index is 2.18. The molecule has 3 heteroatoms. The third kappa shape index (κ3) is 3.15. The molecule has 1 aliphatic heterocycles. The van der Waals surface area contributed by atoms with Gasteiger partial charge in [-0.3, -0.25) is 0 Å². The Morgan fingerprint density at radius 3 is 2.40 bits per heavy atom. The van der Waals surface area contributed by atoms with E-state index in [9.17, 15) is 5.11 Å². The SMILES string of the molecule is Cc1cc([C@H](C)O)ccc1OC1CC(C)(C)OC1(C)C. The van der Waals surface area contributed by atoms with E-state index in [2.05, 4.69) is 27.7 Å². The van der Waals surface area contributed by atoms with E-state index in [0.717, 1.165) is 23.3 Å². The summed E-state index contributed by atoms with van der Waals surface area (Å²) in [5.41, 5.74) is 1.52. The summed E-state index contributed by atoms with van der Waals surface area (Å²) in [5.74, 6) is 0.869. The van der Waals surface area contributed by atoms with Crippen LogP contribution in [0.15, 0.2) is 18.2 Å². The summed E-state index contributed by atoms with van der Waals surface area (Å²) < 4.78 is 12.2. The standard InChI is InChI=1S/C17H26O3/c1-11-9-13(12(2)18)7-8-14(11)19-15-10-16(3,4)20-17(15,5)6/h7-9,12,15,18H,10H2,1-6H3/t12-,15?/m0/s1. The van der Waals surface area contributed by atoms with Crippen LogP contribution in [0.1, 0.15) is 58.3 Å². The first-order valence-corrected chi connectivity index (χ1v) is 7.26. The van der Waals surface area contributed by atoms with Crippen molar-refractivity contribution < 1.29 is 14.6 Å². The van der Waals surface area contributed by atoms with E-state index in [4.69, 9.17) is 9.47 Å². The Kier molecular flexibility index (Phi) is 3.87. The number of aryl methyl sites for hydroxylation is 1.